The Morgan fingerprint density at radius 3 is 2.23 bits per heavy atom. The van der Waals surface area contributed by atoms with Crippen LogP contribution < -0.4 is 16.4 Å². The lowest BCUT2D eigenvalue weighted by atomic mass is 10.1. The third-order valence-corrected chi connectivity index (χ3v) is 5.15. The normalized spacial score (nSPS) is 14.8. The molecular weight excluding hydrogens is 468 g/mol. The molecule has 0 aromatic heterocycles. The summed E-state index contributed by atoms with van der Waals surface area (Å²) in [5.74, 6) is -5.15. The molecule has 0 aliphatic rings. The molecule has 0 rings (SSSR count). The summed E-state index contributed by atoms with van der Waals surface area (Å²) in [6.07, 6.45) is -0.645. The Labute approximate surface area is 164 Å². The highest BCUT2D eigenvalue weighted by Gasteiger charge is 2.39. The number of alkyl halides is 4. The lowest BCUT2D eigenvalue weighted by Gasteiger charge is -2.23. The van der Waals surface area contributed by atoms with Crippen LogP contribution in [0.4, 0.5) is 8.78 Å². The van der Waals surface area contributed by atoms with Gasteiger partial charge in [-0.2, -0.15) is 8.78 Å². The summed E-state index contributed by atoms with van der Waals surface area (Å²) in [5.41, 5.74) is 5.48. The molecule has 14 heteroatoms. The summed E-state index contributed by atoms with van der Waals surface area (Å²) in [6, 6.07) is -2.82. The molecular formula is C12H17BrClF2N3O6S. The molecule has 0 aliphatic carbocycles. The van der Waals surface area contributed by atoms with E-state index in [-0.39, 0.29) is 18.2 Å². The van der Waals surface area contributed by atoms with E-state index >= 15 is 0 Å². The van der Waals surface area contributed by atoms with E-state index in [2.05, 4.69) is 21.2 Å². The number of carboxylic acid groups (broad SMARTS) is 2. The van der Waals surface area contributed by atoms with Crippen molar-refractivity contribution in [2.75, 3.05) is 12.3 Å². The summed E-state index contributed by atoms with van der Waals surface area (Å²) in [4.78, 5) is 44.8. The summed E-state index contributed by atoms with van der Waals surface area (Å²) in [7, 11) is 0. The van der Waals surface area contributed by atoms with Gasteiger partial charge in [-0.05, 0) is 6.42 Å². The van der Waals surface area contributed by atoms with E-state index in [1.807, 2.05) is 5.32 Å². The zero-order valence-corrected chi connectivity index (χ0v) is 16.2. The van der Waals surface area contributed by atoms with Gasteiger partial charge in [-0.3, -0.25) is 19.2 Å². The second-order valence-electron chi connectivity index (χ2n) is 4.89. The molecule has 0 heterocycles. The second-order valence-corrected chi connectivity index (χ2v) is 7.93. The van der Waals surface area contributed by atoms with Gasteiger partial charge in [0.15, 0.2) is 4.29 Å². The third-order valence-electron chi connectivity index (χ3n) is 2.75. The topological polar surface area (TPSA) is 159 Å². The second kappa shape index (κ2) is 11.5. The molecule has 0 aromatic carbocycles. The van der Waals surface area contributed by atoms with Crippen molar-refractivity contribution < 1.29 is 38.2 Å². The lowest BCUT2D eigenvalue weighted by molar-refractivity contribution is -0.138. The van der Waals surface area contributed by atoms with Crippen molar-refractivity contribution in [3.8, 4) is 0 Å². The Morgan fingerprint density at radius 1 is 1.19 bits per heavy atom. The molecule has 150 valence electrons. The van der Waals surface area contributed by atoms with Gasteiger partial charge >= 0.3 is 17.2 Å². The molecule has 3 unspecified atom stereocenters. The number of aliphatic carboxylic acids is 2. The average Bonchev–Trinajstić information content (AvgIpc) is 2.53. The molecule has 6 N–H and O–H groups in total. The number of amides is 2. The van der Waals surface area contributed by atoms with Gasteiger partial charge in [0.1, 0.15) is 12.6 Å². The summed E-state index contributed by atoms with van der Waals surface area (Å²) >= 11 is 7.72. The number of rotatable bonds is 12. The fourth-order valence-electron chi connectivity index (χ4n) is 1.42. The monoisotopic (exact) mass is 483 g/mol. The van der Waals surface area contributed by atoms with Gasteiger partial charge in [-0.15, -0.1) is 11.6 Å². The molecule has 0 radical (unpaired) electrons. The largest absolute Gasteiger partial charge is 0.481 e. The SMILES string of the molecule is NC(CCC(=O)O)C(=O)NC(CSC(F)(F)C(Cl)Br)C(=O)NCC(=O)O. The Kier molecular flexibility index (Phi) is 11.0. The standard InChI is InChI=1S/C12H17BrClF2N3O6S/c13-11(14)12(15,16)26-4-6(10(25)18-3-8(22)23)19-9(24)5(17)1-2-7(20)21/h5-6,11H,1-4,17H2,(H,18,25)(H,19,24)(H,20,21)(H,22,23). The molecule has 26 heavy (non-hydrogen) atoms. The van der Waals surface area contributed by atoms with Crippen LogP contribution >= 0.6 is 39.3 Å². The first kappa shape index (κ1) is 24.8. The number of carbonyl (C=O) groups is 4. The average molecular weight is 485 g/mol. The molecule has 9 nitrogen and oxygen atoms in total. The van der Waals surface area contributed by atoms with Crippen molar-refractivity contribution in [3.05, 3.63) is 0 Å². The van der Waals surface area contributed by atoms with E-state index in [0.717, 1.165) is 0 Å². The Bertz CT molecular complexity index is 543. The van der Waals surface area contributed by atoms with Crippen molar-refractivity contribution in [1.29, 1.82) is 0 Å². The van der Waals surface area contributed by atoms with Crippen molar-refractivity contribution in [1.82, 2.24) is 10.6 Å². The highest BCUT2D eigenvalue weighted by atomic mass is 79.9. The quantitative estimate of drug-likeness (QED) is 0.245. The first-order valence-electron chi connectivity index (χ1n) is 6.94. The molecule has 0 saturated heterocycles. The molecule has 0 saturated carbocycles. The predicted molar refractivity (Wildman–Crippen MR) is 93.4 cm³/mol. The number of nitrogens with two attached hydrogens (primary N) is 1. The van der Waals surface area contributed by atoms with Gasteiger partial charge in [-0.1, -0.05) is 27.7 Å². The van der Waals surface area contributed by atoms with Crippen molar-refractivity contribution in [2.45, 2.75) is 34.5 Å². The first-order chi connectivity index (χ1) is 11.9. The van der Waals surface area contributed by atoms with Crippen molar-refractivity contribution >= 4 is 63.0 Å². The van der Waals surface area contributed by atoms with Crippen LogP contribution in [0.25, 0.3) is 0 Å². The molecule has 0 aromatic rings. The lowest BCUT2D eigenvalue weighted by Crippen LogP contribution is -2.53. The van der Waals surface area contributed by atoms with E-state index in [1.165, 1.54) is 0 Å². The number of hydrogen-bond donors (Lipinski definition) is 5. The molecule has 3 atom stereocenters. The van der Waals surface area contributed by atoms with E-state index in [0.29, 0.717) is 0 Å². The zero-order valence-electron chi connectivity index (χ0n) is 13.1. The van der Waals surface area contributed by atoms with E-state index in [1.54, 1.807) is 0 Å². The Morgan fingerprint density at radius 2 is 1.77 bits per heavy atom. The van der Waals surface area contributed by atoms with Crippen LogP contribution in [0.1, 0.15) is 12.8 Å². The van der Waals surface area contributed by atoms with Crippen LogP contribution in [0.15, 0.2) is 0 Å². The minimum Gasteiger partial charge on any atom is -0.481 e. The van der Waals surface area contributed by atoms with Gasteiger partial charge < -0.3 is 26.6 Å². The summed E-state index contributed by atoms with van der Waals surface area (Å²) in [6.45, 7) is -0.784. The summed E-state index contributed by atoms with van der Waals surface area (Å²) in [5, 5.41) is 17.7. The maximum absolute atomic E-state index is 13.5. The molecule has 0 fully saturated rings. The zero-order chi connectivity index (χ0) is 20.5. The predicted octanol–water partition coefficient (Wildman–Crippen LogP) is 0.150. The fraction of sp³-hybridized carbons (Fsp3) is 0.667. The van der Waals surface area contributed by atoms with Crippen LogP contribution in [-0.4, -0.2) is 67.9 Å². The number of hydrogen-bond acceptors (Lipinski definition) is 6. The van der Waals surface area contributed by atoms with Crippen LogP contribution in [0, 0.1) is 0 Å². The molecule has 0 aliphatic heterocycles. The van der Waals surface area contributed by atoms with Gasteiger partial charge in [-0.25, -0.2) is 0 Å². The molecule has 2 amide bonds. The van der Waals surface area contributed by atoms with Crippen LogP contribution in [0.3, 0.4) is 0 Å². The fourth-order valence-corrected chi connectivity index (χ4v) is 2.75. The molecule has 0 bridgehead atoms. The Hall–Kier alpha value is -1.18. The minimum atomic E-state index is -3.48. The number of thioether (sulfide) groups is 1. The minimum absolute atomic E-state index is 0.0406. The number of nitrogens with one attached hydrogen (secondary N) is 2. The van der Waals surface area contributed by atoms with Crippen LogP contribution in [0.2, 0.25) is 0 Å². The van der Waals surface area contributed by atoms with Gasteiger partial charge in [0, 0.05) is 12.2 Å². The molecule has 0 spiro atoms. The van der Waals surface area contributed by atoms with Crippen molar-refractivity contribution in [2.24, 2.45) is 5.73 Å². The Balaban J connectivity index is 4.96. The smallest absolute Gasteiger partial charge is 0.322 e. The van der Waals surface area contributed by atoms with Crippen molar-refractivity contribution in [3.63, 3.8) is 0 Å². The maximum atomic E-state index is 13.5. The highest BCUT2D eigenvalue weighted by Crippen LogP contribution is 2.38. The van der Waals surface area contributed by atoms with Gasteiger partial charge in [0.25, 0.3) is 0 Å². The highest BCUT2D eigenvalue weighted by molar-refractivity contribution is 9.10. The van der Waals surface area contributed by atoms with E-state index < -0.39 is 64.1 Å². The van der Waals surface area contributed by atoms with Crippen LogP contribution in [0.5, 0.6) is 0 Å². The number of halogens is 4. The summed E-state index contributed by atoms with van der Waals surface area (Å²) < 4.78 is 25.4. The maximum Gasteiger partial charge on any atom is 0.322 e. The van der Waals surface area contributed by atoms with E-state index in [4.69, 9.17) is 27.5 Å². The first-order valence-corrected chi connectivity index (χ1v) is 9.27. The number of carbonyl (C=O) groups excluding carboxylic acids is 2. The van der Waals surface area contributed by atoms with E-state index in [9.17, 15) is 28.0 Å². The third kappa shape index (κ3) is 10.1. The van der Waals surface area contributed by atoms with Crippen LogP contribution in [-0.2, 0) is 19.2 Å². The number of carboxylic acids is 2. The van der Waals surface area contributed by atoms with Gasteiger partial charge in [0.05, 0.1) is 6.04 Å². The van der Waals surface area contributed by atoms with Gasteiger partial charge in [0.2, 0.25) is 11.8 Å².